The molecule has 0 radical (unpaired) electrons. The predicted molar refractivity (Wildman–Crippen MR) is 112 cm³/mol. The number of rotatable bonds is 7. The predicted octanol–water partition coefficient (Wildman–Crippen LogP) is 3.19. The van der Waals surface area contributed by atoms with E-state index in [2.05, 4.69) is 0 Å². The van der Waals surface area contributed by atoms with Crippen molar-refractivity contribution in [2.45, 2.75) is 25.3 Å². The molecular formula is C23H26N2O5. The van der Waals surface area contributed by atoms with Crippen LogP contribution in [0.1, 0.15) is 30.4 Å². The van der Waals surface area contributed by atoms with Crippen molar-refractivity contribution in [2.75, 3.05) is 27.2 Å². The van der Waals surface area contributed by atoms with Gasteiger partial charge in [-0.3, -0.25) is 14.5 Å². The maximum atomic E-state index is 12.8. The average molecular weight is 410 g/mol. The number of fused-ring (bicyclic) bond motifs is 3. The number of amides is 2. The van der Waals surface area contributed by atoms with Crippen molar-refractivity contribution in [1.82, 2.24) is 9.80 Å². The van der Waals surface area contributed by atoms with Crippen molar-refractivity contribution in [1.29, 1.82) is 0 Å². The molecule has 0 saturated carbocycles. The number of aliphatic carboxylic acids is 1. The lowest BCUT2D eigenvalue weighted by molar-refractivity contribution is -0.144. The molecular weight excluding hydrogens is 384 g/mol. The van der Waals surface area contributed by atoms with Gasteiger partial charge in [-0.25, -0.2) is 4.79 Å². The lowest BCUT2D eigenvalue weighted by Crippen LogP contribution is -2.50. The largest absolute Gasteiger partial charge is 0.481 e. The Labute approximate surface area is 175 Å². The van der Waals surface area contributed by atoms with E-state index in [1.165, 1.54) is 23.9 Å². The summed E-state index contributed by atoms with van der Waals surface area (Å²) >= 11 is 0. The number of nitrogens with zero attached hydrogens (tertiary/aromatic N) is 2. The van der Waals surface area contributed by atoms with Crippen molar-refractivity contribution in [3.63, 3.8) is 0 Å². The molecule has 1 N–H and O–H groups in total. The number of benzene rings is 2. The van der Waals surface area contributed by atoms with Crippen LogP contribution in [0, 0.1) is 0 Å². The summed E-state index contributed by atoms with van der Waals surface area (Å²) in [4.78, 5) is 39.1. The first-order valence-corrected chi connectivity index (χ1v) is 9.89. The van der Waals surface area contributed by atoms with E-state index in [9.17, 15) is 19.5 Å². The topological polar surface area (TPSA) is 87.1 Å². The molecule has 2 aromatic carbocycles. The van der Waals surface area contributed by atoms with Gasteiger partial charge in [-0.05, 0) is 29.2 Å². The molecule has 2 amide bonds. The Balaban J connectivity index is 1.79. The van der Waals surface area contributed by atoms with E-state index in [4.69, 9.17) is 4.74 Å². The van der Waals surface area contributed by atoms with Gasteiger partial charge < -0.3 is 14.7 Å². The minimum atomic E-state index is -1.15. The molecule has 0 saturated heterocycles. The van der Waals surface area contributed by atoms with Crippen LogP contribution >= 0.6 is 0 Å². The Morgan fingerprint density at radius 2 is 1.53 bits per heavy atom. The summed E-state index contributed by atoms with van der Waals surface area (Å²) in [7, 11) is 3.06. The number of hydrogen-bond donors (Lipinski definition) is 1. The molecule has 1 unspecified atom stereocenters. The van der Waals surface area contributed by atoms with E-state index >= 15 is 0 Å². The fourth-order valence-corrected chi connectivity index (χ4v) is 3.95. The van der Waals surface area contributed by atoms with Crippen molar-refractivity contribution < 1.29 is 24.2 Å². The molecule has 0 aliphatic heterocycles. The number of carbonyl (C=O) groups is 3. The number of likely N-dealkylation sites (N-methyl/N-ethyl adjacent to an activating group) is 2. The number of carboxylic acid groups (broad SMARTS) is 1. The molecule has 0 spiro atoms. The van der Waals surface area contributed by atoms with Crippen molar-refractivity contribution in [3.05, 3.63) is 59.7 Å². The zero-order valence-corrected chi connectivity index (χ0v) is 17.4. The van der Waals surface area contributed by atoms with E-state index in [1.54, 1.807) is 6.92 Å². The molecule has 0 fully saturated rings. The molecule has 1 aliphatic carbocycles. The Kier molecular flexibility index (Phi) is 6.40. The van der Waals surface area contributed by atoms with Gasteiger partial charge in [0.15, 0.2) is 0 Å². The first-order chi connectivity index (χ1) is 14.3. The normalized spacial score (nSPS) is 13.2. The average Bonchev–Trinajstić information content (AvgIpc) is 3.05. The van der Waals surface area contributed by atoms with E-state index in [1.807, 2.05) is 48.5 Å². The minimum absolute atomic E-state index is 0.109. The monoisotopic (exact) mass is 410 g/mol. The number of carboxylic acids is 1. The number of carbonyl (C=O) groups excluding carboxylic acids is 2. The zero-order valence-electron chi connectivity index (χ0n) is 17.4. The quantitative estimate of drug-likeness (QED) is 0.758. The summed E-state index contributed by atoms with van der Waals surface area (Å²) in [5, 5.41) is 9.21. The van der Waals surface area contributed by atoms with Gasteiger partial charge in [-0.1, -0.05) is 48.5 Å². The van der Waals surface area contributed by atoms with Crippen LogP contribution in [0.25, 0.3) is 11.1 Å². The summed E-state index contributed by atoms with van der Waals surface area (Å²) in [6.45, 7) is 1.97. The summed E-state index contributed by atoms with van der Waals surface area (Å²) in [5.41, 5.74) is 4.41. The molecule has 0 bridgehead atoms. The lowest BCUT2D eigenvalue weighted by atomic mass is 9.98. The van der Waals surface area contributed by atoms with Crippen LogP contribution in [0.3, 0.4) is 0 Å². The van der Waals surface area contributed by atoms with E-state index in [0.29, 0.717) is 0 Å². The Morgan fingerprint density at radius 1 is 1.00 bits per heavy atom. The second kappa shape index (κ2) is 8.98. The summed E-state index contributed by atoms with van der Waals surface area (Å²) < 4.78 is 5.61. The van der Waals surface area contributed by atoms with Crippen LogP contribution in [-0.2, 0) is 14.3 Å². The molecule has 1 atom stereocenters. The van der Waals surface area contributed by atoms with Crippen LogP contribution in [0.4, 0.5) is 4.79 Å². The van der Waals surface area contributed by atoms with Gasteiger partial charge in [-0.2, -0.15) is 0 Å². The van der Waals surface area contributed by atoms with E-state index < -0.39 is 30.4 Å². The lowest BCUT2D eigenvalue weighted by Gasteiger charge is -2.30. The fourth-order valence-electron chi connectivity index (χ4n) is 3.95. The van der Waals surface area contributed by atoms with Gasteiger partial charge in [0.1, 0.15) is 12.6 Å². The fraction of sp³-hybridized carbons (Fsp3) is 0.348. The summed E-state index contributed by atoms with van der Waals surface area (Å²) in [5.74, 6) is -1.71. The first-order valence-electron chi connectivity index (χ1n) is 9.89. The number of ether oxygens (including phenoxy) is 1. The van der Waals surface area contributed by atoms with Gasteiger partial charge in [0.2, 0.25) is 5.91 Å². The molecule has 2 aromatic rings. The van der Waals surface area contributed by atoms with Crippen LogP contribution in [0.5, 0.6) is 0 Å². The van der Waals surface area contributed by atoms with Gasteiger partial charge in [0.05, 0.1) is 6.42 Å². The number of hydrogen-bond acceptors (Lipinski definition) is 4. The summed E-state index contributed by atoms with van der Waals surface area (Å²) in [6.07, 6.45) is -1.17. The third kappa shape index (κ3) is 4.15. The van der Waals surface area contributed by atoms with Gasteiger partial charge >= 0.3 is 12.1 Å². The van der Waals surface area contributed by atoms with Crippen LogP contribution in [-0.4, -0.2) is 66.2 Å². The van der Waals surface area contributed by atoms with E-state index in [0.717, 1.165) is 22.3 Å². The standard InChI is InChI=1S/C23H26N2O5/c1-4-25(20(13-21(26)27)22(28)24(2)3)23(29)30-14-19-17-11-7-5-9-15(17)16-10-6-8-12-18(16)19/h5-12,19-20H,4,13-14H2,1-3H3,(H,26,27). The van der Waals surface area contributed by atoms with Gasteiger partial charge in [-0.15, -0.1) is 0 Å². The maximum absolute atomic E-state index is 12.8. The van der Waals surface area contributed by atoms with Crippen LogP contribution < -0.4 is 0 Å². The Morgan fingerprint density at radius 3 is 2.00 bits per heavy atom. The van der Waals surface area contributed by atoms with Crippen molar-refractivity contribution >= 4 is 18.0 Å². The van der Waals surface area contributed by atoms with Gasteiger partial charge in [0, 0.05) is 26.6 Å². The Bertz CT molecular complexity index is 911. The third-order valence-corrected chi connectivity index (χ3v) is 5.38. The van der Waals surface area contributed by atoms with Crippen LogP contribution in [0.2, 0.25) is 0 Å². The summed E-state index contributed by atoms with van der Waals surface area (Å²) in [6, 6.07) is 14.9. The highest BCUT2D eigenvalue weighted by Gasteiger charge is 2.34. The third-order valence-electron chi connectivity index (χ3n) is 5.38. The smallest absolute Gasteiger partial charge is 0.410 e. The molecule has 7 heteroatoms. The SMILES string of the molecule is CCN(C(=O)OCC1c2ccccc2-c2ccccc21)C(CC(=O)O)C(=O)N(C)C. The molecule has 7 nitrogen and oxygen atoms in total. The molecule has 158 valence electrons. The van der Waals surface area contributed by atoms with Crippen LogP contribution in [0.15, 0.2) is 48.5 Å². The van der Waals surface area contributed by atoms with Gasteiger partial charge in [0.25, 0.3) is 0 Å². The molecule has 0 aromatic heterocycles. The van der Waals surface area contributed by atoms with E-state index in [-0.39, 0.29) is 19.1 Å². The minimum Gasteiger partial charge on any atom is -0.481 e. The molecule has 1 aliphatic rings. The first kappa shape index (κ1) is 21.4. The highest BCUT2D eigenvalue weighted by atomic mass is 16.6. The molecule has 0 heterocycles. The Hall–Kier alpha value is -3.35. The molecule has 30 heavy (non-hydrogen) atoms. The second-order valence-corrected chi connectivity index (χ2v) is 7.44. The highest BCUT2D eigenvalue weighted by molar-refractivity contribution is 5.89. The van der Waals surface area contributed by atoms with Crippen molar-refractivity contribution in [2.24, 2.45) is 0 Å². The maximum Gasteiger partial charge on any atom is 0.410 e. The highest BCUT2D eigenvalue weighted by Crippen LogP contribution is 2.44. The zero-order chi connectivity index (χ0) is 21.8. The molecule has 3 rings (SSSR count). The van der Waals surface area contributed by atoms with Crippen molar-refractivity contribution in [3.8, 4) is 11.1 Å². The second-order valence-electron chi connectivity index (χ2n) is 7.44.